The lowest BCUT2D eigenvalue weighted by atomic mass is 10.1. The van der Waals surface area contributed by atoms with Crippen molar-refractivity contribution in [3.63, 3.8) is 0 Å². The molecule has 5 heteroatoms. The molecule has 3 N–H and O–H groups in total. The molecule has 88 valence electrons. The summed E-state index contributed by atoms with van der Waals surface area (Å²) < 4.78 is 5.42. The molecule has 0 spiro atoms. The molecular weight excluding hydrogens is 228 g/mol. The summed E-state index contributed by atoms with van der Waals surface area (Å²) in [5, 5.41) is 0.510. The van der Waals surface area contributed by atoms with Crippen molar-refractivity contribution in [2.45, 2.75) is 19.8 Å². The van der Waals surface area contributed by atoms with Gasteiger partial charge in [0.05, 0.1) is 18.1 Å². The molecule has 0 atom stereocenters. The zero-order chi connectivity index (χ0) is 12.0. The number of rotatable bonds is 5. The minimum atomic E-state index is -0.252. The van der Waals surface area contributed by atoms with Crippen LogP contribution >= 0.6 is 11.6 Å². The summed E-state index contributed by atoms with van der Waals surface area (Å²) >= 11 is 6.00. The van der Waals surface area contributed by atoms with Gasteiger partial charge in [-0.3, -0.25) is 10.2 Å². The van der Waals surface area contributed by atoms with Gasteiger partial charge in [-0.1, -0.05) is 24.6 Å². The molecule has 0 unspecified atom stereocenters. The fourth-order valence-corrected chi connectivity index (χ4v) is 1.48. The maximum Gasteiger partial charge on any atom is 0.238 e. The van der Waals surface area contributed by atoms with Gasteiger partial charge >= 0.3 is 0 Å². The number of benzene rings is 1. The topological polar surface area (TPSA) is 64.3 Å². The van der Waals surface area contributed by atoms with Crippen LogP contribution in [0.2, 0.25) is 5.02 Å². The van der Waals surface area contributed by atoms with Crippen LogP contribution < -0.4 is 16.0 Å². The van der Waals surface area contributed by atoms with Gasteiger partial charge in [0.1, 0.15) is 5.75 Å². The van der Waals surface area contributed by atoms with Crippen LogP contribution in [0.15, 0.2) is 18.2 Å². The normalized spacial score (nSPS) is 9.94. The van der Waals surface area contributed by atoms with E-state index in [-0.39, 0.29) is 12.3 Å². The molecule has 1 rings (SSSR count). The molecule has 0 radical (unpaired) electrons. The molecule has 1 aromatic rings. The van der Waals surface area contributed by atoms with Gasteiger partial charge in [0.15, 0.2) is 0 Å². The number of halogens is 1. The number of nitrogens with two attached hydrogens (primary N) is 1. The van der Waals surface area contributed by atoms with Gasteiger partial charge in [0, 0.05) is 0 Å². The van der Waals surface area contributed by atoms with Gasteiger partial charge < -0.3 is 4.74 Å². The molecular formula is C11H15ClN2O2. The van der Waals surface area contributed by atoms with Crippen LogP contribution in [0.3, 0.4) is 0 Å². The first-order chi connectivity index (χ1) is 7.67. The third-order valence-corrected chi connectivity index (χ3v) is 2.28. The number of ether oxygens (including phenoxy) is 1. The molecule has 0 aliphatic heterocycles. The average Bonchev–Trinajstić information content (AvgIpc) is 2.28. The van der Waals surface area contributed by atoms with Crippen LogP contribution in [0, 0.1) is 0 Å². The molecule has 16 heavy (non-hydrogen) atoms. The number of carbonyl (C=O) groups excluding carboxylic acids is 1. The highest BCUT2D eigenvalue weighted by molar-refractivity contribution is 6.32. The summed E-state index contributed by atoms with van der Waals surface area (Å²) in [6, 6.07) is 5.27. The predicted octanol–water partition coefficient (Wildman–Crippen LogP) is 1.66. The van der Waals surface area contributed by atoms with Crippen LogP contribution in [0.1, 0.15) is 18.9 Å². The van der Waals surface area contributed by atoms with E-state index in [9.17, 15) is 4.79 Å². The van der Waals surface area contributed by atoms with E-state index < -0.39 is 0 Å². The Balaban J connectivity index is 2.70. The van der Waals surface area contributed by atoms with E-state index in [2.05, 4.69) is 5.43 Å². The lowest BCUT2D eigenvalue weighted by molar-refractivity contribution is -0.120. The van der Waals surface area contributed by atoms with E-state index in [1.807, 2.05) is 6.92 Å². The second kappa shape index (κ2) is 6.35. The molecule has 4 nitrogen and oxygen atoms in total. The highest BCUT2D eigenvalue weighted by Gasteiger charge is 2.05. The van der Waals surface area contributed by atoms with Crippen molar-refractivity contribution in [1.29, 1.82) is 0 Å². The SMILES string of the molecule is CCCOc1ccc(CC(=O)NN)cc1Cl. The van der Waals surface area contributed by atoms with Gasteiger partial charge in [-0.15, -0.1) is 0 Å². The Morgan fingerprint density at radius 1 is 1.56 bits per heavy atom. The highest BCUT2D eigenvalue weighted by atomic mass is 35.5. The van der Waals surface area contributed by atoms with Crippen LogP contribution in [0.25, 0.3) is 0 Å². The maximum atomic E-state index is 11.0. The first-order valence-electron chi connectivity index (χ1n) is 5.08. The van der Waals surface area contributed by atoms with Crippen molar-refractivity contribution < 1.29 is 9.53 Å². The van der Waals surface area contributed by atoms with Crippen LogP contribution in [0.5, 0.6) is 5.75 Å². The first kappa shape index (κ1) is 12.8. The van der Waals surface area contributed by atoms with Gasteiger partial charge in [-0.25, -0.2) is 5.84 Å². The summed E-state index contributed by atoms with van der Waals surface area (Å²) in [4.78, 5) is 11.0. The summed E-state index contributed by atoms with van der Waals surface area (Å²) in [6.45, 7) is 2.65. The summed E-state index contributed by atoms with van der Waals surface area (Å²) in [6.07, 6.45) is 1.14. The maximum absolute atomic E-state index is 11.0. The number of hydrazine groups is 1. The van der Waals surface area contributed by atoms with Crippen molar-refractivity contribution >= 4 is 17.5 Å². The molecule has 1 aromatic carbocycles. The number of hydrogen-bond acceptors (Lipinski definition) is 3. The Morgan fingerprint density at radius 3 is 2.88 bits per heavy atom. The predicted molar refractivity (Wildman–Crippen MR) is 63.3 cm³/mol. The van der Waals surface area contributed by atoms with Crippen LogP contribution in [-0.2, 0) is 11.2 Å². The van der Waals surface area contributed by atoms with E-state index in [1.165, 1.54) is 0 Å². The molecule has 1 amide bonds. The first-order valence-corrected chi connectivity index (χ1v) is 5.45. The van der Waals surface area contributed by atoms with Gasteiger partial charge in [-0.2, -0.15) is 0 Å². The van der Waals surface area contributed by atoms with E-state index >= 15 is 0 Å². The Kier molecular flexibility index (Phi) is 5.08. The molecule has 0 aliphatic carbocycles. The van der Waals surface area contributed by atoms with Crippen LogP contribution in [0.4, 0.5) is 0 Å². The Labute approximate surface area is 99.7 Å². The van der Waals surface area contributed by atoms with Crippen LogP contribution in [-0.4, -0.2) is 12.5 Å². The van der Waals surface area contributed by atoms with E-state index in [1.54, 1.807) is 18.2 Å². The zero-order valence-electron chi connectivity index (χ0n) is 9.13. The standard InChI is InChI=1S/C11H15ClN2O2/c1-2-5-16-10-4-3-8(6-9(10)12)7-11(15)14-13/h3-4,6H,2,5,7,13H2,1H3,(H,14,15). The molecule has 0 saturated carbocycles. The highest BCUT2D eigenvalue weighted by Crippen LogP contribution is 2.25. The lowest BCUT2D eigenvalue weighted by Gasteiger charge is -2.08. The lowest BCUT2D eigenvalue weighted by Crippen LogP contribution is -2.31. The Morgan fingerprint density at radius 2 is 2.31 bits per heavy atom. The van der Waals surface area contributed by atoms with E-state index in [0.717, 1.165) is 12.0 Å². The second-order valence-corrected chi connectivity index (χ2v) is 3.76. The zero-order valence-corrected chi connectivity index (χ0v) is 9.88. The van der Waals surface area contributed by atoms with Crippen molar-refractivity contribution in [1.82, 2.24) is 5.43 Å². The number of hydrogen-bond donors (Lipinski definition) is 2. The monoisotopic (exact) mass is 242 g/mol. The van der Waals surface area contributed by atoms with Gasteiger partial charge in [0.2, 0.25) is 5.91 Å². The smallest absolute Gasteiger partial charge is 0.238 e. The minimum absolute atomic E-state index is 0.213. The molecule has 0 bridgehead atoms. The Bertz CT molecular complexity index is 369. The van der Waals surface area contributed by atoms with Crippen molar-refractivity contribution in [2.24, 2.45) is 5.84 Å². The molecule has 0 saturated heterocycles. The molecule has 0 heterocycles. The second-order valence-electron chi connectivity index (χ2n) is 3.36. The fraction of sp³-hybridized carbons (Fsp3) is 0.364. The number of amides is 1. The molecule has 0 aliphatic rings. The quantitative estimate of drug-likeness (QED) is 0.469. The van der Waals surface area contributed by atoms with E-state index in [4.69, 9.17) is 22.2 Å². The molecule has 0 aromatic heterocycles. The minimum Gasteiger partial charge on any atom is -0.492 e. The van der Waals surface area contributed by atoms with E-state index in [0.29, 0.717) is 17.4 Å². The average molecular weight is 243 g/mol. The summed E-state index contributed by atoms with van der Waals surface area (Å²) in [5.74, 6) is 5.38. The third kappa shape index (κ3) is 3.72. The third-order valence-electron chi connectivity index (χ3n) is 1.98. The van der Waals surface area contributed by atoms with Crippen molar-refractivity contribution in [3.8, 4) is 5.75 Å². The van der Waals surface area contributed by atoms with Crippen molar-refractivity contribution in [3.05, 3.63) is 28.8 Å². The van der Waals surface area contributed by atoms with Gasteiger partial charge in [-0.05, 0) is 24.1 Å². The molecule has 0 fully saturated rings. The largest absolute Gasteiger partial charge is 0.492 e. The van der Waals surface area contributed by atoms with Crippen molar-refractivity contribution in [2.75, 3.05) is 6.61 Å². The van der Waals surface area contributed by atoms with Gasteiger partial charge in [0.25, 0.3) is 0 Å². The summed E-state index contributed by atoms with van der Waals surface area (Å²) in [5.41, 5.74) is 2.87. The fourth-order valence-electron chi connectivity index (χ4n) is 1.22. The number of carbonyl (C=O) groups is 1. The summed E-state index contributed by atoms with van der Waals surface area (Å²) in [7, 11) is 0. The Hall–Kier alpha value is -1.26. The number of nitrogens with one attached hydrogen (secondary N) is 1.